The molecule has 0 saturated heterocycles. The van der Waals surface area contributed by atoms with Gasteiger partial charge in [0.05, 0.1) is 7.11 Å². The number of carbonyl (C=O) groups excluding carboxylic acids is 2. The SMILES string of the molecule is COc1ccc([C@@H]2C(C(=O)Nc3ccccc3)=C(C)NC3=C2C(=O)CC(C)(C)C3)cc1. The molecule has 0 aromatic heterocycles. The lowest BCUT2D eigenvalue weighted by molar-refractivity contribution is -0.118. The van der Waals surface area contributed by atoms with Crippen molar-refractivity contribution in [3.05, 3.63) is 82.7 Å². The van der Waals surface area contributed by atoms with Gasteiger partial charge in [-0.3, -0.25) is 9.59 Å². The average Bonchev–Trinajstić information content (AvgIpc) is 2.72. The zero-order chi connectivity index (χ0) is 22.2. The highest BCUT2D eigenvalue weighted by molar-refractivity contribution is 6.09. The van der Waals surface area contributed by atoms with E-state index >= 15 is 0 Å². The lowest BCUT2D eigenvalue weighted by atomic mass is 9.68. The number of para-hydroxylation sites is 1. The van der Waals surface area contributed by atoms with Crippen molar-refractivity contribution in [1.29, 1.82) is 0 Å². The number of methoxy groups -OCH3 is 1. The van der Waals surface area contributed by atoms with Gasteiger partial charge in [0.25, 0.3) is 5.91 Å². The van der Waals surface area contributed by atoms with Crippen LogP contribution in [0.5, 0.6) is 5.75 Å². The van der Waals surface area contributed by atoms with E-state index in [1.807, 2.05) is 61.5 Å². The Kier molecular flexibility index (Phi) is 5.44. The molecule has 1 amide bonds. The summed E-state index contributed by atoms with van der Waals surface area (Å²) in [6, 6.07) is 17.0. The third-order valence-electron chi connectivity index (χ3n) is 5.97. The Hall–Kier alpha value is -3.34. The van der Waals surface area contributed by atoms with Crippen LogP contribution in [0, 0.1) is 5.41 Å². The molecule has 0 saturated carbocycles. The molecule has 1 atom stereocenters. The molecule has 5 heteroatoms. The van der Waals surface area contributed by atoms with Crippen molar-refractivity contribution in [2.24, 2.45) is 5.41 Å². The van der Waals surface area contributed by atoms with Crippen molar-refractivity contribution in [3.8, 4) is 5.75 Å². The summed E-state index contributed by atoms with van der Waals surface area (Å²) in [5, 5.41) is 6.39. The standard InChI is InChI=1S/C26H28N2O3/c1-16-22(25(30)28-18-8-6-5-7-9-18)23(17-10-12-19(31-4)13-11-17)24-20(27-16)14-26(2,3)15-21(24)29/h5-13,23,27H,14-15H2,1-4H3,(H,28,30)/t23-/m1/s1. The molecule has 2 N–H and O–H groups in total. The Morgan fingerprint density at radius 2 is 1.74 bits per heavy atom. The number of dihydropyridines is 1. The number of anilines is 1. The number of nitrogens with one attached hydrogen (secondary N) is 2. The van der Waals surface area contributed by atoms with Crippen LogP contribution in [0.3, 0.4) is 0 Å². The van der Waals surface area contributed by atoms with Gasteiger partial charge in [-0.05, 0) is 48.6 Å². The van der Waals surface area contributed by atoms with E-state index in [1.165, 1.54) is 0 Å². The number of amides is 1. The summed E-state index contributed by atoms with van der Waals surface area (Å²) in [6.07, 6.45) is 1.23. The summed E-state index contributed by atoms with van der Waals surface area (Å²) in [6.45, 7) is 6.12. The van der Waals surface area contributed by atoms with Crippen molar-refractivity contribution >= 4 is 17.4 Å². The van der Waals surface area contributed by atoms with E-state index in [2.05, 4.69) is 24.5 Å². The Balaban J connectivity index is 1.80. The number of Topliss-reactive ketones (excluding diaryl/α,β-unsaturated/α-hetero) is 1. The molecular weight excluding hydrogens is 388 g/mol. The molecule has 160 valence electrons. The van der Waals surface area contributed by atoms with E-state index in [1.54, 1.807) is 7.11 Å². The van der Waals surface area contributed by atoms with E-state index in [-0.39, 0.29) is 17.1 Å². The first-order valence-corrected chi connectivity index (χ1v) is 10.5. The van der Waals surface area contributed by atoms with E-state index in [4.69, 9.17) is 4.74 Å². The number of ether oxygens (including phenoxy) is 1. The molecule has 2 aliphatic rings. The first-order valence-electron chi connectivity index (χ1n) is 10.5. The summed E-state index contributed by atoms with van der Waals surface area (Å²) >= 11 is 0. The Morgan fingerprint density at radius 1 is 1.06 bits per heavy atom. The molecule has 0 fully saturated rings. The molecule has 1 aliphatic heterocycles. The topological polar surface area (TPSA) is 67.4 Å². The van der Waals surface area contributed by atoms with Crippen molar-refractivity contribution in [2.75, 3.05) is 12.4 Å². The number of hydrogen-bond donors (Lipinski definition) is 2. The maximum atomic E-state index is 13.4. The van der Waals surface area contributed by atoms with Gasteiger partial charge in [0.2, 0.25) is 0 Å². The summed E-state index contributed by atoms with van der Waals surface area (Å²) in [7, 11) is 1.62. The molecular formula is C26H28N2O3. The molecule has 5 nitrogen and oxygen atoms in total. The second-order valence-electron chi connectivity index (χ2n) is 9.02. The van der Waals surface area contributed by atoms with E-state index in [0.29, 0.717) is 17.6 Å². The van der Waals surface area contributed by atoms with Crippen molar-refractivity contribution < 1.29 is 14.3 Å². The zero-order valence-corrected chi connectivity index (χ0v) is 18.4. The Labute approximate surface area is 183 Å². The second-order valence-corrected chi connectivity index (χ2v) is 9.02. The summed E-state index contributed by atoms with van der Waals surface area (Å²) < 4.78 is 5.30. The lowest BCUT2D eigenvalue weighted by Gasteiger charge is -2.39. The third kappa shape index (κ3) is 4.13. The van der Waals surface area contributed by atoms with Crippen LogP contribution < -0.4 is 15.4 Å². The largest absolute Gasteiger partial charge is 0.497 e. The predicted octanol–water partition coefficient (Wildman–Crippen LogP) is 4.94. The molecule has 31 heavy (non-hydrogen) atoms. The maximum absolute atomic E-state index is 13.4. The molecule has 1 aliphatic carbocycles. The molecule has 4 rings (SSSR count). The van der Waals surface area contributed by atoms with Gasteiger partial charge in [-0.1, -0.05) is 44.2 Å². The summed E-state index contributed by atoms with van der Waals surface area (Å²) in [5.74, 6) is 0.201. The molecule has 2 aromatic carbocycles. The normalized spacial score (nSPS) is 20.1. The van der Waals surface area contributed by atoms with Gasteiger partial charge >= 0.3 is 0 Å². The number of ketones is 1. The summed E-state index contributed by atoms with van der Waals surface area (Å²) in [5.41, 5.74) is 4.48. The highest BCUT2D eigenvalue weighted by Gasteiger charge is 2.42. The molecule has 0 radical (unpaired) electrons. The molecule has 2 aromatic rings. The smallest absolute Gasteiger partial charge is 0.254 e. The minimum atomic E-state index is -0.422. The fourth-order valence-electron chi connectivity index (χ4n) is 4.59. The van der Waals surface area contributed by atoms with Gasteiger partial charge in [-0.15, -0.1) is 0 Å². The molecule has 0 unspecified atom stereocenters. The second kappa shape index (κ2) is 8.06. The number of rotatable bonds is 4. The van der Waals surface area contributed by atoms with Crippen molar-refractivity contribution in [3.63, 3.8) is 0 Å². The third-order valence-corrected chi connectivity index (χ3v) is 5.97. The minimum absolute atomic E-state index is 0.0945. The average molecular weight is 417 g/mol. The molecule has 0 spiro atoms. The van der Waals surface area contributed by atoms with Crippen LogP contribution in [0.4, 0.5) is 5.69 Å². The van der Waals surface area contributed by atoms with Crippen LogP contribution in [0.1, 0.15) is 45.1 Å². The summed E-state index contributed by atoms with van der Waals surface area (Å²) in [4.78, 5) is 26.7. The lowest BCUT2D eigenvalue weighted by Crippen LogP contribution is -2.39. The van der Waals surface area contributed by atoms with E-state index in [9.17, 15) is 9.59 Å². The maximum Gasteiger partial charge on any atom is 0.254 e. The van der Waals surface area contributed by atoms with Gasteiger partial charge in [0.1, 0.15) is 5.75 Å². The van der Waals surface area contributed by atoms with Gasteiger partial charge in [-0.2, -0.15) is 0 Å². The number of hydrogen-bond acceptors (Lipinski definition) is 4. The van der Waals surface area contributed by atoms with Crippen LogP contribution in [-0.4, -0.2) is 18.8 Å². The Morgan fingerprint density at radius 3 is 2.39 bits per heavy atom. The van der Waals surface area contributed by atoms with Gasteiger partial charge in [0.15, 0.2) is 5.78 Å². The number of carbonyl (C=O) groups is 2. The molecule has 0 bridgehead atoms. The first-order chi connectivity index (χ1) is 14.8. The predicted molar refractivity (Wildman–Crippen MR) is 122 cm³/mol. The highest BCUT2D eigenvalue weighted by Crippen LogP contribution is 2.46. The van der Waals surface area contributed by atoms with Gasteiger partial charge in [0, 0.05) is 40.6 Å². The highest BCUT2D eigenvalue weighted by atomic mass is 16.5. The quantitative estimate of drug-likeness (QED) is 0.741. The Bertz CT molecular complexity index is 1080. The fourth-order valence-corrected chi connectivity index (χ4v) is 4.59. The zero-order valence-electron chi connectivity index (χ0n) is 18.4. The van der Waals surface area contributed by atoms with Gasteiger partial charge < -0.3 is 15.4 Å². The van der Waals surface area contributed by atoms with Crippen LogP contribution >= 0.6 is 0 Å². The first kappa shape index (κ1) is 20.9. The monoisotopic (exact) mass is 416 g/mol. The number of benzene rings is 2. The number of allylic oxidation sites excluding steroid dienone is 3. The van der Waals surface area contributed by atoms with Crippen LogP contribution in [-0.2, 0) is 9.59 Å². The van der Waals surface area contributed by atoms with E-state index < -0.39 is 5.92 Å². The van der Waals surface area contributed by atoms with Crippen LogP contribution in [0.2, 0.25) is 0 Å². The fraction of sp³-hybridized carbons (Fsp3) is 0.308. The van der Waals surface area contributed by atoms with Gasteiger partial charge in [-0.25, -0.2) is 0 Å². The molecule has 1 heterocycles. The minimum Gasteiger partial charge on any atom is -0.497 e. The van der Waals surface area contributed by atoms with Crippen molar-refractivity contribution in [1.82, 2.24) is 5.32 Å². The van der Waals surface area contributed by atoms with Crippen molar-refractivity contribution in [2.45, 2.75) is 39.5 Å². The van der Waals surface area contributed by atoms with Crippen LogP contribution in [0.25, 0.3) is 0 Å². The van der Waals surface area contributed by atoms with Crippen LogP contribution in [0.15, 0.2) is 77.1 Å². The van der Waals surface area contributed by atoms with E-state index in [0.717, 1.165) is 34.8 Å².